The zero-order valence-corrected chi connectivity index (χ0v) is 15.9. The molecule has 0 unspecified atom stereocenters. The van der Waals surface area contributed by atoms with Crippen LogP contribution >= 0.6 is 0 Å². The number of anilines is 1. The van der Waals surface area contributed by atoms with Gasteiger partial charge in [-0.2, -0.15) is 0 Å². The molecule has 1 amide bonds. The molecule has 2 saturated heterocycles. The molecule has 2 fully saturated rings. The van der Waals surface area contributed by atoms with Crippen molar-refractivity contribution in [3.63, 3.8) is 0 Å². The van der Waals surface area contributed by atoms with E-state index in [0.29, 0.717) is 24.8 Å². The van der Waals surface area contributed by atoms with E-state index in [0.717, 1.165) is 38.8 Å². The van der Waals surface area contributed by atoms with E-state index in [9.17, 15) is 14.9 Å². The van der Waals surface area contributed by atoms with E-state index in [1.165, 1.54) is 0 Å². The van der Waals surface area contributed by atoms with Gasteiger partial charge in [0.1, 0.15) is 5.69 Å². The quantitative estimate of drug-likeness (QED) is 0.600. The Labute approximate surface area is 164 Å². The van der Waals surface area contributed by atoms with Gasteiger partial charge in [0.2, 0.25) is 5.91 Å². The normalized spacial score (nSPS) is 19.0. The van der Waals surface area contributed by atoms with Crippen molar-refractivity contribution < 1.29 is 9.72 Å². The smallest absolute Gasteiger partial charge is 0.292 e. The third kappa shape index (κ3) is 3.74. The minimum Gasteiger partial charge on any atom is -0.366 e. The number of nitro groups is 1. The highest BCUT2D eigenvalue weighted by Gasteiger charge is 2.32. The molecule has 0 N–H and O–H groups in total. The van der Waals surface area contributed by atoms with Crippen LogP contribution in [0.15, 0.2) is 48.8 Å². The van der Waals surface area contributed by atoms with Crippen LogP contribution in [-0.2, 0) is 4.79 Å². The Kier molecular flexibility index (Phi) is 5.32. The molecule has 0 spiro atoms. The van der Waals surface area contributed by atoms with E-state index in [4.69, 9.17) is 0 Å². The number of amides is 1. The summed E-state index contributed by atoms with van der Waals surface area (Å²) in [4.78, 5) is 28.0. The third-order valence-electron chi connectivity index (χ3n) is 6.09. The Morgan fingerprint density at radius 2 is 1.57 bits per heavy atom. The fraction of sp³-hybridized carbons (Fsp3) is 0.476. The van der Waals surface area contributed by atoms with Crippen molar-refractivity contribution in [3.8, 4) is 0 Å². The fourth-order valence-electron chi connectivity index (χ4n) is 4.49. The van der Waals surface area contributed by atoms with Crippen LogP contribution in [0.1, 0.15) is 31.7 Å². The number of para-hydroxylation sites is 2. The summed E-state index contributed by atoms with van der Waals surface area (Å²) in [5.74, 6) is 0.287. The van der Waals surface area contributed by atoms with Gasteiger partial charge in [0.25, 0.3) is 5.69 Å². The molecule has 2 aromatic rings. The number of hydrogen-bond donors (Lipinski definition) is 0. The second-order valence-corrected chi connectivity index (χ2v) is 7.69. The van der Waals surface area contributed by atoms with Crippen LogP contribution in [0.25, 0.3) is 0 Å². The van der Waals surface area contributed by atoms with Gasteiger partial charge < -0.3 is 14.4 Å². The van der Waals surface area contributed by atoms with E-state index in [1.807, 2.05) is 28.0 Å². The first kappa shape index (κ1) is 18.5. The van der Waals surface area contributed by atoms with Gasteiger partial charge in [-0.15, -0.1) is 0 Å². The Balaban J connectivity index is 1.32. The van der Waals surface area contributed by atoms with Gasteiger partial charge in [-0.25, -0.2) is 0 Å². The van der Waals surface area contributed by atoms with E-state index in [-0.39, 0.29) is 22.4 Å². The van der Waals surface area contributed by atoms with Crippen LogP contribution in [0.5, 0.6) is 0 Å². The Morgan fingerprint density at radius 1 is 0.929 bits per heavy atom. The zero-order chi connectivity index (χ0) is 19.5. The largest absolute Gasteiger partial charge is 0.366 e. The van der Waals surface area contributed by atoms with Crippen molar-refractivity contribution in [1.82, 2.24) is 9.47 Å². The number of nitrogens with zero attached hydrogens (tertiary/aromatic N) is 4. The third-order valence-corrected chi connectivity index (χ3v) is 6.09. The minimum absolute atomic E-state index is 0.0298. The molecule has 0 aliphatic carbocycles. The molecule has 7 nitrogen and oxygen atoms in total. The van der Waals surface area contributed by atoms with Crippen molar-refractivity contribution in [2.24, 2.45) is 5.92 Å². The van der Waals surface area contributed by atoms with E-state index in [1.54, 1.807) is 18.2 Å². The number of carbonyl (C=O) groups is 1. The number of piperidine rings is 2. The number of hydrogen-bond acceptors (Lipinski definition) is 4. The maximum atomic E-state index is 13.0. The monoisotopic (exact) mass is 382 g/mol. The molecule has 2 aliphatic heterocycles. The summed E-state index contributed by atoms with van der Waals surface area (Å²) in [6.07, 6.45) is 7.69. The van der Waals surface area contributed by atoms with Crippen molar-refractivity contribution >= 4 is 17.3 Å². The Morgan fingerprint density at radius 3 is 2.21 bits per heavy atom. The highest BCUT2D eigenvalue weighted by Crippen LogP contribution is 2.32. The topological polar surface area (TPSA) is 71.6 Å². The number of nitro benzene ring substituents is 1. The van der Waals surface area contributed by atoms with Gasteiger partial charge in [0, 0.05) is 56.6 Å². The lowest BCUT2D eigenvalue weighted by Gasteiger charge is -2.38. The van der Waals surface area contributed by atoms with E-state index in [2.05, 4.69) is 17.0 Å². The first-order valence-corrected chi connectivity index (χ1v) is 10.0. The number of likely N-dealkylation sites (tertiary alicyclic amines) is 1. The molecular weight excluding hydrogens is 356 g/mol. The maximum absolute atomic E-state index is 13.0. The molecule has 0 radical (unpaired) electrons. The average Bonchev–Trinajstić information content (AvgIpc) is 3.28. The van der Waals surface area contributed by atoms with Gasteiger partial charge in [-0.1, -0.05) is 12.1 Å². The second-order valence-electron chi connectivity index (χ2n) is 7.69. The molecule has 0 atom stereocenters. The summed E-state index contributed by atoms with van der Waals surface area (Å²) in [6, 6.07) is 11.4. The predicted octanol–water partition coefficient (Wildman–Crippen LogP) is 3.48. The summed E-state index contributed by atoms with van der Waals surface area (Å²) < 4.78 is 2.24. The van der Waals surface area contributed by atoms with Crippen LogP contribution in [-0.4, -0.2) is 46.5 Å². The summed E-state index contributed by atoms with van der Waals surface area (Å²) >= 11 is 0. The standard InChI is InChI=1S/C21H26N4O3/c26-21(24-15-9-18(10-16-24)22-11-3-4-12-22)17-7-13-23(14-8-17)19-5-1-2-6-20(19)25(27)28/h1-6,11-12,17-18H,7-10,13-16H2. The highest BCUT2D eigenvalue weighted by molar-refractivity contribution is 5.79. The zero-order valence-electron chi connectivity index (χ0n) is 15.9. The first-order chi connectivity index (χ1) is 13.6. The van der Waals surface area contributed by atoms with Crippen LogP contribution in [0.4, 0.5) is 11.4 Å². The first-order valence-electron chi connectivity index (χ1n) is 10.0. The second kappa shape index (κ2) is 8.04. The molecule has 148 valence electrons. The van der Waals surface area contributed by atoms with E-state index < -0.39 is 0 Å². The molecule has 2 aliphatic rings. The molecule has 0 saturated carbocycles. The summed E-state index contributed by atoms with van der Waals surface area (Å²) in [5.41, 5.74) is 0.797. The molecule has 7 heteroatoms. The molecule has 1 aromatic carbocycles. The number of carbonyl (C=O) groups excluding carboxylic acids is 1. The lowest BCUT2D eigenvalue weighted by molar-refractivity contribution is -0.384. The predicted molar refractivity (Wildman–Crippen MR) is 107 cm³/mol. The SMILES string of the molecule is O=C(C1CCN(c2ccccc2[N+](=O)[O-])CC1)N1CCC(n2cccc2)CC1. The van der Waals surface area contributed by atoms with Gasteiger partial charge in [-0.3, -0.25) is 14.9 Å². The number of rotatable bonds is 4. The van der Waals surface area contributed by atoms with Crippen LogP contribution < -0.4 is 4.90 Å². The van der Waals surface area contributed by atoms with Gasteiger partial charge >= 0.3 is 0 Å². The van der Waals surface area contributed by atoms with Crippen molar-refractivity contribution in [3.05, 3.63) is 58.9 Å². The van der Waals surface area contributed by atoms with Crippen LogP contribution in [0, 0.1) is 16.0 Å². The van der Waals surface area contributed by atoms with Crippen molar-refractivity contribution in [2.75, 3.05) is 31.1 Å². The lowest BCUT2D eigenvalue weighted by Crippen LogP contribution is -2.45. The van der Waals surface area contributed by atoms with Crippen molar-refractivity contribution in [1.29, 1.82) is 0 Å². The van der Waals surface area contributed by atoms with Crippen molar-refractivity contribution in [2.45, 2.75) is 31.7 Å². The summed E-state index contributed by atoms with van der Waals surface area (Å²) in [7, 11) is 0. The average molecular weight is 382 g/mol. The minimum atomic E-state index is -0.332. The van der Waals surface area contributed by atoms with Gasteiger partial charge in [0.15, 0.2) is 0 Å². The van der Waals surface area contributed by atoms with E-state index >= 15 is 0 Å². The summed E-state index contributed by atoms with van der Waals surface area (Å²) in [6.45, 7) is 2.99. The molecular formula is C21H26N4O3. The maximum Gasteiger partial charge on any atom is 0.292 e. The number of aromatic nitrogens is 1. The van der Waals surface area contributed by atoms with Crippen LogP contribution in [0.3, 0.4) is 0 Å². The fourth-order valence-corrected chi connectivity index (χ4v) is 4.49. The molecule has 28 heavy (non-hydrogen) atoms. The van der Waals surface area contributed by atoms with Crippen LogP contribution in [0.2, 0.25) is 0 Å². The summed E-state index contributed by atoms with van der Waals surface area (Å²) in [5, 5.41) is 11.3. The number of benzene rings is 1. The lowest BCUT2D eigenvalue weighted by atomic mass is 9.93. The molecule has 1 aromatic heterocycles. The molecule has 4 rings (SSSR count). The Hall–Kier alpha value is -2.83. The highest BCUT2D eigenvalue weighted by atomic mass is 16.6. The molecule has 0 bridgehead atoms. The van der Waals surface area contributed by atoms with Gasteiger partial charge in [0.05, 0.1) is 4.92 Å². The van der Waals surface area contributed by atoms with Gasteiger partial charge in [-0.05, 0) is 43.9 Å². The Bertz CT molecular complexity index is 820. The molecule has 3 heterocycles.